The molecular weight excluding hydrogens is 486 g/mol. The van der Waals surface area contributed by atoms with Crippen LogP contribution >= 0.6 is 35.4 Å². The Bertz CT molecular complexity index is 854. The van der Waals surface area contributed by atoms with E-state index in [4.69, 9.17) is 20.5 Å². The van der Waals surface area contributed by atoms with Gasteiger partial charge in [-0.3, -0.25) is 0 Å². The van der Waals surface area contributed by atoms with Crippen molar-refractivity contribution < 1.29 is 13.7 Å². The van der Waals surface area contributed by atoms with E-state index in [2.05, 4.69) is 37.3 Å². The van der Waals surface area contributed by atoms with Crippen molar-refractivity contribution in [1.29, 1.82) is 0 Å². The van der Waals surface area contributed by atoms with Crippen molar-refractivity contribution in [3.8, 4) is 0 Å². The first-order chi connectivity index (χ1) is 16.2. The van der Waals surface area contributed by atoms with Gasteiger partial charge in [-0.05, 0) is 74.5 Å². The maximum atomic E-state index is 12.5. The van der Waals surface area contributed by atoms with Crippen LogP contribution < -0.4 is 0 Å². The Kier molecular flexibility index (Phi) is 14.8. The SMILES string of the molecule is CC.CCCN(CCc1ccc(Cl)c(SCc2ccc(CSOC)cc2)c1)C(=O)OC(C)(C)C. The Labute approximate surface area is 220 Å². The quantitative estimate of drug-likeness (QED) is 0.217. The molecule has 2 aromatic carbocycles. The summed E-state index contributed by atoms with van der Waals surface area (Å²) in [5, 5.41) is 0.754. The lowest BCUT2D eigenvalue weighted by molar-refractivity contribution is 0.0252. The lowest BCUT2D eigenvalue weighted by Crippen LogP contribution is -2.38. The molecule has 0 radical (unpaired) electrons. The minimum Gasteiger partial charge on any atom is -0.444 e. The zero-order chi connectivity index (χ0) is 25.6. The average molecular weight is 526 g/mol. The second-order valence-electron chi connectivity index (χ2n) is 8.52. The molecule has 34 heavy (non-hydrogen) atoms. The zero-order valence-corrected chi connectivity index (χ0v) is 24.0. The maximum absolute atomic E-state index is 12.5. The first-order valence-electron chi connectivity index (χ1n) is 11.8. The third kappa shape index (κ3) is 11.9. The third-order valence-electron chi connectivity index (χ3n) is 4.57. The van der Waals surface area contributed by atoms with Crippen LogP contribution in [-0.2, 0) is 26.8 Å². The van der Waals surface area contributed by atoms with Crippen LogP contribution in [0.15, 0.2) is 47.4 Å². The van der Waals surface area contributed by atoms with E-state index in [0.717, 1.165) is 39.8 Å². The molecule has 0 heterocycles. The van der Waals surface area contributed by atoms with Crippen LogP contribution in [0.5, 0.6) is 0 Å². The van der Waals surface area contributed by atoms with E-state index in [1.807, 2.05) is 46.8 Å². The highest BCUT2D eigenvalue weighted by Gasteiger charge is 2.21. The molecule has 190 valence electrons. The third-order valence-corrected chi connectivity index (χ3v) is 6.83. The van der Waals surface area contributed by atoms with Crippen molar-refractivity contribution in [2.75, 3.05) is 20.2 Å². The largest absolute Gasteiger partial charge is 0.444 e. The fourth-order valence-corrected chi connectivity index (χ4v) is 4.67. The van der Waals surface area contributed by atoms with E-state index in [-0.39, 0.29) is 6.09 Å². The molecular formula is C27H40ClNO3S2. The van der Waals surface area contributed by atoms with Crippen LogP contribution in [0, 0.1) is 0 Å². The van der Waals surface area contributed by atoms with Gasteiger partial charge in [0.15, 0.2) is 0 Å². The zero-order valence-electron chi connectivity index (χ0n) is 21.7. The topological polar surface area (TPSA) is 38.8 Å². The van der Waals surface area contributed by atoms with Gasteiger partial charge in [0.25, 0.3) is 0 Å². The molecule has 0 atom stereocenters. The first-order valence-corrected chi connectivity index (χ1v) is 14.1. The molecule has 2 rings (SSSR count). The second kappa shape index (κ2) is 16.4. The highest BCUT2D eigenvalue weighted by Crippen LogP contribution is 2.31. The predicted molar refractivity (Wildman–Crippen MR) is 149 cm³/mol. The number of carbonyl (C=O) groups excluding carboxylic acids is 1. The van der Waals surface area contributed by atoms with E-state index in [9.17, 15) is 4.79 Å². The fourth-order valence-electron chi connectivity index (χ4n) is 2.99. The Balaban J connectivity index is 0.00000281. The highest BCUT2D eigenvalue weighted by molar-refractivity contribution is 7.98. The monoisotopic (exact) mass is 525 g/mol. The van der Waals surface area contributed by atoms with Gasteiger partial charge in [-0.25, -0.2) is 4.79 Å². The van der Waals surface area contributed by atoms with Crippen LogP contribution in [0.3, 0.4) is 0 Å². The number of nitrogens with zero attached hydrogens (tertiary/aromatic N) is 1. The van der Waals surface area contributed by atoms with Gasteiger partial charge in [-0.2, -0.15) is 0 Å². The minimum atomic E-state index is -0.492. The molecule has 0 saturated carbocycles. The Morgan fingerprint density at radius 1 is 0.971 bits per heavy atom. The van der Waals surface area contributed by atoms with Crippen LogP contribution in [0.4, 0.5) is 4.79 Å². The van der Waals surface area contributed by atoms with Gasteiger partial charge in [-0.15, -0.1) is 11.8 Å². The molecule has 1 amide bonds. The van der Waals surface area contributed by atoms with Crippen LogP contribution in [0.1, 0.15) is 64.7 Å². The number of benzene rings is 2. The van der Waals surface area contributed by atoms with Gasteiger partial charge in [0.2, 0.25) is 0 Å². The summed E-state index contributed by atoms with van der Waals surface area (Å²) in [7, 11) is 1.69. The molecule has 0 saturated heterocycles. The predicted octanol–water partition coefficient (Wildman–Crippen LogP) is 8.64. The summed E-state index contributed by atoms with van der Waals surface area (Å²) in [6.07, 6.45) is 1.40. The number of ether oxygens (including phenoxy) is 1. The molecule has 0 bridgehead atoms. The summed E-state index contributed by atoms with van der Waals surface area (Å²) < 4.78 is 10.6. The molecule has 0 aliphatic carbocycles. The fraction of sp³-hybridized carbons (Fsp3) is 0.519. The Hall–Kier alpha value is -1.34. The molecule has 4 nitrogen and oxygen atoms in total. The van der Waals surface area contributed by atoms with Crippen molar-refractivity contribution >= 4 is 41.5 Å². The lowest BCUT2D eigenvalue weighted by atomic mass is 10.1. The average Bonchev–Trinajstić information content (AvgIpc) is 2.81. The maximum Gasteiger partial charge on any atom is 0.410 e. The number of thioether (sulfide) groups is 1. The molecule has 0 unspecified atom stereocenters. The first kappa shape index (κ1) is 30.7. The van der Waals surface area contributed by atoms with Gasteiger partial charge in [-0.1, -0.05) is 62.7 Å². The van der Waals surface area contributed by atoms with Crippen LogP contribution in [-0.4, -0.2) is 36.8 Å². The van der Waals surface area contributed by atoms with Crippen LogP contribution in [0.2, 0.25) is 5.02 Å². The van der Waals surface area contributed by atoms with Crippen molar-refractivity contribution in [2.24, 2.45) is 0 Å². The van der Waals surface area contributed by atoms with Crippen molar-refractivity contribution in [1.82, 2.24) is 4.90 Å². The summed E-state index contributed by atoms with van der Waals surface area (Å²) in [6, 6.07) is 14.7. The van der Waals surface area contributed by atoms with Gasteiger partial charge in [0.1, 0.15) is 5.60 Å². The van der Waals surface area contributed by atoms with Gasteiger partial charge in [0, 0.05) is 29.5 Å². The second-order valence-corrected chi connectivity index (χ2v) is 10.8. The molecule has 7 heteroatoms. The van der Waals surface area contributed by atoms with Crippen LogP contribution in [0.25, 0.3) is 0 Å². The van der Waals surface area contributed by atoms with E-state index >= 15 is 0 Å². The number of hydrogen-bond acceptors (Lipinski definition) is 5. The molecule has 0 aliphatic heterocycles. The Morgan fingerprint density at radius 2 is 1.56 bits per heavy atom. The molecule has 0 spiro atoms. The van der Waals surface area contributed by atoms with E-state index < -0.39 is 5.60 Å². The number of hydrogen-bond donors (Lipinski definition) is 0. The standard InChI is InChI=1S/C25H34ClNO3S2.C2H6/c1-6-14-27(24(28)30-25(2,3)4)15-13-19-11-12-22(26)23(16-19)31-17-20-7-9-21(10-8-20)18-32-29-5;1-2/h7-12,16H,6,13-15,17-18H2,1-5H3;1-2H3. The molecule has 2 aromatic rings. The molecule has 0 aliphatic rings. The van der Waals surface area contributed by atoms with E-state index in [1.54, 1.807) is 23.8 Å². The van der Waals surface area contributed by atoms with Gasteiger partial charge < -0.3 is 13.8 Å². The minimum absolute atomic E-state index is 0.254. The van der Waals surface area contributed by atoms with E-state index in [0.29, 0.717) is 13.1 Å². The summed E-state index contributed by atoms with van der Waals surface area (Å²) in [6.45, 7) is 13.0. The summed E-state index contributed by atoms with van der Waals surface area (Å²) >= 11 is 9.63. The van der Waals surface area contributed by atoms with Crippen molar-refractivity contribution in [3.63, 3.8) is 0 Å². The summed E-state index contributed by atoms with van der Waals surface area (Å²) in [5.74, 6) is 1.69. The Morgan fingerprint density at radius 3 is 2.12 bits per heavy atom. The van der Waals surface area contributed by atoms with Crippen molar-refractivity contribution in [2.45, 2.75) is 76.4 Å². The van der Waals surface area contributed by atoms with E-state index in [1.165, 1.54) is 23.2 Å². The highest BCUT2D eigenvalue weighted by atomic mass is 35.5. The molecule has 0 fully saturated rings. The number of halogens is 1. The van der Waals surface area contributed by atoms with Gasteiger partial charge in [0.05, 0.1) is 12.1 Å². The molecule has 0 aromatic heterocycles. The number of rotatable bonds is 11. The summed E-state index contributed by atoms with van der Waals surface area (Å²) in [5.41, 5.74) is 3.16. The summed E-state index contributed by atoms with van der Waals surface area (Å²) in [4.78, 5) is 15.3. The lowest BCUT2D eigenvalue weighted by Gasteiger charge is -2.27. The van der Waals surface area contributed by atoms with Gasteiger partial charge >= 0.3 is 6.09 Å². The molecule has 0 N–H and O–H groups in total. The number of carbonyl (C=O) groups is 1. The van der Waals surface area contributed by atoms with Crippen molar-refractivity contribution in [3.05, 3.63) is 64.2 Å². The number of amides is 1. The normalized spacial score (nSPS) is 10.9. The smallest absolute Gasteiger partial charge is 0.410 e.